The molecule has 0 spiro atoms. The van der Waals surface area contributed by atoms with Gasteiger partial charge in [-0.3, -0.25) is 4.79 Å². The highest BCUT2D eigenvalue weighted by molar-refractivity contribution is 9.10. The van der Waals surface area contributed by atoms with Crippen molar-refractivity contribution in [2.24, 2.45) is 0 Å². The maximum absolute atomic E-state index is 12.0. The van der Waals surface area contributed by atoms with Gasteiger partial charge in [-0.2, -0.15) is 0 Å². The van der Waals surface area contributed by atoms with Gasteiger partial charge in [0.05, 0.1) is 6.54 Å². The summed E-state index contributed by atoms with van der Waals surface area (Å²) in [6.45, 7) is 0.702. The van der Waals surface area contributed by atoms with E-state index in [0.717, 1.165) is 26.4 Å². The van der Waals surface area contributed by atoms with E-state index in [1.54, 1.807) is 0 Å². The lowest BCUT2D eigenvalue weighted by atomic mass is 10.1. The molecule has 3 aromatic rings. The number of hydrogen-bond acceptors (Lipinski definition) is 4. The van der Waals surface area contributed by atoms with Crippen molar-refractivity contribution >= 4 is 49.9 Å². The van der Waals surface area contributed by atoms with E-state index in [0.29, 0.717) is 6.54 Å². The molecule has 0 saturated heterocycles. The number of esters is 1. The number of ether oxygens (including phenoxy) is 1. The minimum absolute atomic E-state index is 0.101. The molecule has 0 unspecified atom stereocenters. The van der Waals surface area contributed by atoms with E-state index in [1.807, 2.05) is 66.7 Å². The van der Waals surface area contributed by atoms with Crippen LogP contribution in [0.15, 0.2) is 71.2 Å². The summed E-state index contributed by atoms with van der Waals surface area (Å²) in [5, 5.41) is 5.23. The predicted molar refractivity (Wildman–Crippen MR) is 108 cm³/mol. The molecule has 0 aliphatic carbocycles. The van der Waals surface area contributed by atoms with E-state index in [2.05, 4.69) is 21.2 Å². The smallest absolute Gasteiger partial charge is 0.326 e. The highest BCUT2D eigenvalue weighted by Gasteiger charge is 2.12. The molecule has 0 bridgehead atoms. The molecule has 3 aromatic carbocycles. The number of benzene rings is 3. The molecule has 0 aromatic heterocycles. The van der Waals surface area contributed by atoms with Crippen LogP contribution in [-0.2, 0) is 16.1 Å². The maximum atomic E-state index is 12.0. The molecule has 0 radical (unpaired) electrons. The van der Waals surface area contributed by atoms with Crippen LogP contribution in [0.4, 0.5) is 0 Å². The zero-order valence-electron chi connectivity index (χ0n) is 13.4. The van der Waals surface area contributed by atoms with Gasteiger partial charge in [-0.05, 0) is 40.7 Å². The SMILES string of the molecule is O=C(CNCc1ccccc1)OC(=S)c1cccc2c(Br)cccc12. The van der Waals surface area contributed by atoms with Gasteiger partial charge in [-0.1, -0.05) is 70.5 Å². The van der Waals surface area contributed by atoms with Crippen LogP contribution in [0.3, 0.4) is 0 Å². The van der Waals surface area contributed by atoms with Crippen molar-refractivity contribution in [2.45, 2.75) is 6.54 Å². The Morgan fingerprint density at radius 2 is 1.68 bits per heavy atom. The summed E-state index contributed by atoms with van der Waals surface area (Å²) < 4.78 is 6.31. The number of hydrogen-bond donors (Lipinski definition) is 1. The standard InChI is InChI=1S/C20H16BrNO2S/c21-18-11-5-8-15-16(18)9-4-10-17(15)20(25)24-19(23)13-22-12-14-6-2-1-3-7-14/h1-11,22H,12-13H2. The summed E-state index contributed by atoms with van der Waals surface area (Å²) in [6.07, 6.45) is 0. The fourth-order valence-electron chi connectivity index (χ4n) is 2.55. The molecule has 25 heavy (non-hydrogen) atoms. The van der Waals surface area contributed by atoms with Crippen LogP contribution in [0.2, 0.25) is 0 Å². The molecule has 0 aliphatic heterocycles. The average molecular weight is 414 g/mol. The maximum Gasteiger partial charge on any atom is 0.326 e. The second kappa shape index (κ2) is 8.34. The van der Waals surface area contributed by atoms with Gasteiger partial charge in [0.25, 0.3) is 0 Å². The van der Waals surface area contributed by atoms with Gasteiger partial charge in [0.2, 0.25) is 5.05 Å². The summed E-state index contributed by atoms with van der Waals surface area (Å²) in [5.41, 5.74) is 1.85. The molecular formula is C20H16BrNO2S. The molecule has 0 fully saturated rings. The number of carbonyl (C=O) groups is 1. The second-order valence-corrected chi connectivity index (χ2v) is 6.72. The van der Waals surface area contributed by atoms with Crippen LogP contribution >= 0.6 is 28.1 Å². The summed E-state index contributed by atoms with van der Waals surface area (Å²) in [5.74, 6) is -0.395. The topological polar surface area (TPSA) is 38.3 Å². The van der Waals surface area contributed by atoms with E-state index in [9.17, 15) is 4.79 Å². The first-order chi connectivity index (χ1) is 12.1. The third kappa shape index (κ3) is 4.51. The van der Waals surface area contributed by atoms with Crippen molar-refractivity contribution in [3.63, 3.8) is 0 Å². The molecule has 0 saturated carbocycles. The Morgan fingerprint density at radius 1 is 0.960 bits per heavy atom. The monoisotopic (exact) mass is 413 g/mol. The van der Waals surface area contributed by atoms with Gasteiger partial charge in [-0.25, -0.2) is 0 Å². The van der Waals surface area contributed by atoms with Crippen LogP contribution in [0.5, 0.6) is 0 Å². The third-order valence-corrected chi connectivity index (χ3v) is 4.73. The largest absolute Gasteiger partial charge is 0.413 e. The Hall–Kier alpha value is -2.08. The van der Waals surface area contributed by atoms with Crippen molar-refractivity contribution in [3.8, 4) is 0 Å². The van der Waals surface area contributed by atoms with Gasteiger partial charge < -0.3 is 10.1 Å². The lowest BCUT2D eigenvalue weighted by Crippen LogP contribution is -2.26. The Labute approximate surface area is 160 Å². The first kappa shape index (κ1) is 17.7. The van der Waals surface area contributed by atoms with Crippen LogP contribution in [-0.4, -0.2) is 17.6 Å². The van der Waals surface area contributed by atoms with Gasteiger partial charge in [-0.15, -0.1) is 0 Å². The van der Waals surface area contributed by atoms with E-state index >= 15 is 0 Å². The van der Waals surface area contributed by atoms with Gasteiger partial charge in [0.1, 0.15) is 0 Å². The zero-order valence-corrected chi connectivity index (χ0v) is 15.8. The van der Waals surface area contributed by atoms with Crippen molar-refractivity contribution in [3.05, 3.63) is 82.3 Å². The summed E-state index contributed by atoms with van der Waals surface area (Å²) in [4.78, 5) is 12.0. The number of fused-ring (bicyclic) bond motifs is 1. The van der Waals surface area contributed by atoms with Crippen molar-refractivity contribution < 1.29 is 9.53 Å². The van der Waals surface area contributed by atoms with Crippen molar-refractivity contribution in [1.82, 2.24) is 5.32 Å². The molecule has 3 nitrogen and oxygen atoms in total. The molecule has 3 rings (SSSR count). The van der Waals surface area contributed by atoms with E-state index in [1.165, 1.54) is 0 Å². The lowest BCUT2D eigenvalue weighted by Gasteiger charge is -2.10. The number of thiocarbonyl (C=S) groups is 1. The van der Waals surface area contributed by atoms with Gasteiger partial charge in [0, 0.05) is 16.6 Å². The predicted octanol–water partition coefficient (Wildman–Crippen LogP) is 4.61. The first-order valence-corrected chi connectivity index (χ1v) is 9.02. The van der Waals surface area contributed by atoms with Crippen molar-refractivity contribution in [2.75, 3.05) is 6.54 Å². The highest BCUT2D eigenvalue weighted by atomic mass is 79.9. The summed E-state index contributed by atoms with van der Waals surface area (Å²) >= 11 is 8.85. The van der Waals surface area contributed by atoms with E-state index in [4.69, 9.17) is 17.0 Å². The molecule has 0 aliphatic rings. The van der Waals surface area contributed by atoms with Gasteiger partial charge in [0.15, 0.2) is 0 Å². The minimum Gasteiger partial charge on any atom is -0.413 e. The Balaban J connectivity index is 1.62. The molecule has 0 amide bonds. The van der Waals surface area contributed by atoms with Crippen LogP contribution in [0.25, 0.3) is 10.8 Å². The second-order valence-electron chi connectivity index (χ2n) is 5.49. The fourth-order valence-corrected chi connectivity index (χ4v) is 3.32. The number of carbonyl (C=O) groups excluding carboxylic acids is 1. The number of halogens is 1. The molecule has 5 heteroatoms. The first-order valence-electron chi connectivity index (χ1n) is 7.82. The average Bonchev–Trinajstić information content (AvgIpc) is 2.62. The Bertz CT molecular complexity index is 912. The molecular weight excluding hydrogens is 398 g/mol. The fraction of sp³-hybridized carbons (Fsp3) is 0.100. The number of nitrogens with one attached hydrogen (secondary N) is 1. The Morgan fingerprint density at radius 3 is 2.48 bits per heavy atom. The molecule has 126 valence electrons. The molecule has 0 heterocycles. The van der Waals surface area contributed by atoms with E-state index < -0.39 is 5.97 Å². The quantitative estimate of drug-likeness (QED) is 0.489. The van der Waals surface area contributed by atoms with Crippen LogP contribution < -0.4 is 5.32 Å². The summed E-state index contributed by atoms with van der Waals surface area (Å²) in [7, 11) is 0. The highest BCUT2D eigenvalue weighted by Crippen LogP contribution is 2.27. The van der Waals surface area contributed by atoms with Crippen LogP contribution in [0.1, 0.15) is 11.1 Å². The lowest BCUT2D eigenvalue weighted by molar-refractivity contribution is -0.134. The minimum atomic E-state index is -0.395. The van der Waals surface area contributed by atoms with Crippen LogP contribution in [0, 0.1) is 0 Å². The third-order valence-electron chi connectivity index (χ3n) is 3.74. The normalized spacial score (nSPS) is 10.6. The Kier molecular flexibility index (Phi) is 5.91. The molecule has 0 atom stereocenters. The van der Waals surface area contributed by atoms with Gasteiger partial charge >= 0.3 is 5.97 Å². The van der Waals surface area contributed by atoms with E-state index in [-0.39, 0.29) is 11.6 Å². The number of rotatable bonds is 5. The summed E-state index contributed by atoms with van der Waals surface area (Å²) in [6, 6.07) is 21.5. The van der Waals surface area contributed by atoms with Crippen molar-refractivity contribution in [1.29, 1.82) is 0 Å². The molecule has 1 N–H and O–H groups in total. The zero-order chi connectivity index (χ0) is 17.6.